The molecule has 0 amide bonds. The van der Waals surface area contributed by atoms with E-state index in [1.807, 2.05) is 6.92 Å². The van der Waals surface area contributed by atoms with Crippen LogP contribution in [0.3, 0.4) is 0 Å². The molecule has 2 saturated heterocycles. The van der Waals surface area contributed by atoms with Gasteiger partial charge >= 0.3 is 5.69 Å². The quantitative estimate of drug-likeness (QED) is 0.247. The van der Waals surface area contributed by atoms with Crippen LogP contribution in [-0.4, -0.2) is 71.2 Å². The first-order valence-electron chi connectivity index (χ1n) is 12.8. The Balaban J connectivity index is 1.31. The fourth-order valence-electron chi connectivity index (χ4n) is 5.23. The molecule has 4 heterocycles. The van der Waals surface area contributed by atoms with Gasteiger partial charge in [0.05, 0.1) is 30.8 Å². The maximum Gasteiger partial charge on any atom is 0.333 e. The molecule has 0 aliphatic carbocycles. The number of hydrogen-bond donors (Lipinski definition) is 0. The number of ether oxygens (including phenoxy) is 2. The van der Waals surface area contributed by atoms with Gasteiger partial charge in [0.25, 0.3) is 15.7 Å². The van der Waals surface area contributed by atoms with Crippen molar-refractivity contribution in [2.24, 2.45) is 0 Å². The lowest BCUT2D eigenvalue weighted by Crippen LogP contribution is -2.48. The molecule has 2 radical (unpaired) electrons. The molecule has 0 spiro atoms. The molecule has 3 aromatic rings. The highest BCUT2D eigenvalue weighted by atomic mass is 32.2. The van der Waals surface area contributed by atoms with Gasteiger partial charge in [0.2, 0.25) is 13.7 Å². The average molecular weight is 587 g/mol. The monoisotopic (exact) mass is 587 g/mol. The lowest BCUT2D eigenvalue weighted by atomic mass is 9.84. The number of nitrogens with zero attached hydrogens (tertiary/aromatic N) is 5. The minimum atomic E-state index is -3.96. The third-order valence-corrected chi connectivity index (χ3v) is 8.74. The molecule has 3 atom stereocenters. The van der Waals surface area contributed by atoms with Gasteiger partial charge in [0.15, 0.2) is 5.72 Å². The van der Waals surface area contributed by atoms with E-state index in [1.54, 1.807) is 12.1 Å². The van der Waals surface area contributed by atoms with Crippen molar-refractivity contribution < 1.29 is 31.3 Å². The van der Waals surface area contributed by atoms with Crippen LogP contribution in [0, 0.1) is 13.8 Å². The standard InChI is InChI=1S/C25H27BFN5O8S/c1-16-3-5-19(6-4-16)41(36,37)39-10-9-30-13-18(28-29-30)14-31-21(33)17(2)12-32(23(31)35)25-8-7-24(40-25,20(27)11-25)15-38-22(26)34/h3-6,12-13,20H,7-11,14-15H2,1-2H3. The van der Waals surface area contributed by atoms with Gasteiger partial charge in [-0.3, -0.25) is 22.9 Å². The topological polar surface area (TPSA) is 154 Å². The summed E-state index contributed by atoms with van der Waals surface area (Å²) in [7, 11) is 1.08. The summed E-state index contributed by atoms with van der Waals surface area (Å²) >= 11 is 0. The van der Waals surface area contributed by atoms with Gasteiger partial charge in [-0.25, -0.2) is 13.9 Å². The van der Waals surface area contributed by atoms with Crippen LogP contribution < -0.4 is 11.2 Å². The van der Waals surface area contributed by atoms with Gasteiger partial charge in [-0.2, -0.15) is 8.42 Å². The number of carbonyl (C=O) groups excluding carboxylic acids is 1. The Morgan fingerprint density at radius 1 is 1.20 bits per heavy atom. The van der Waals surface area contributed by atoms with Crippen LogP contribution in [0.2, 0.25) is 0 Å². The average Bonchev–Trinajstić information content (AvgIpc) is 3.60. The number of aromatic nitrogens is 5. The van der Waals surface area contributed by atoms with E-state index in [4.69, 9.17) is 21.5 Å². The van der Waals surface area contributed by atoms with E-state index in [9.17, 15) is 22.8 Å². The number of benzene rings is 1. The highest BCUT2D eigenvalue weighted by Crippen LogP contribution is 2.54. The predicted octanol–water partition coefficient (Wildman–Crippen LogP) is 0.921. The van der Waals surface area contributed by atoms with E-state index in [1.165, 1.54) is 40.7 Å². The van der Waals surface area contributed by atoms with Crippen LogP contribution in [0.1, 0.15) is 36.1 Å². The molecule has 2 aliphatic rings. The van der Waals surface area contributed by atoms with Crippen LogP contribution in [-0.2, 0) is 42.6 Å². The fourth-order valence-corrected chi connectivity index (χ4v) is 6.13. The van der Waals surface area contributed by atoms with Crippen molar-refractivity contribution in [3.63, 3.8) is 0 Å². The molecule has 3 unspecified atom stereocenters. The first-order chi connectivity index (χ1) is 19.3. The zero-order valence-corrected chi connectivity index (χ0v) is 23.2. The Hall–Kier alpha value is -3.63. The molecule has 216 valence electrons. The Morgan fingerprint density at radius 2 is 1.93 bits per heavy atom. The molecule has 16 heteroatoms. The lowest BCUT2D eigenvalue weighted by Gasteiger charge is -2.28. The highest BCUT2D eigenvalue weighted by molar-refractivity contribution is 7.86. The van der Waals surface area contributed by atoms with E-state index in [0.717, 1.165) is 10.1 Å². The lowest BCUT2D eigenvalue weighted by molar-refractivity contribution is -0.122. The molecule has 1 aromatic carbocycles. The number of alkyl halides is 1. The van der Waals surface area contributed by atoms with Crippen molar-refractivity contribution in [2.45, 2.75) is 68.6 Å². The first-order valence-corrected chi connectivity index (χ1v) is 14.2. The number of aryl methyl sites for hydroxylation is 2. The Bertz CT molecular complexity index is 1710. The third kappa shape index (κ3) is 5.50. The molecule has 2 bridgehead atoms. The van der Waals surface area contributed by atoms with Crippen LogP contribution in [0.25, 0.3) is 0 Å². The molecule has 0 saturated carbocycles. The number of fused-ring (bicyclic) bond motifs is 2. The van der Waals surface area contributed by atoms with E-state index in [2.05, 4.69) is 10.3 Å². The molecule has 2 fully saturated rings. The summed E-state index contributed by atoms with van der Waals surface area (Å²) < 4.78 is 59.3. The zero-order chi connectivity index (χ0) is 29.6. The van der Waals surface area contributed by atoms with Crippen molar-refractivity contribution in [3.8, 4) is 0 Å². The van der Waals surface area contributed by atoms with Crippen molar-refractivity contribution in [2.75, 3.05) is 13.2 Å². The summed E-state index contributed by atoms with van der Waals surface area (Å²) in [4.78, 5) is 37.6. The Morgan fingerprint density at radius 3 is 2.61 bits per heavy atom. The number of halogens is 1. The summed E-state index contributed by atoms with van der Waals surface area (Å²) in [6.45, 7) is 2.54. The summed E-state index contributed by atoms with van der Waals surface area (Å²) in [5.74, 6) is -1.06. The minimum absolute atomic E-state index is 0.0298. The molecular formula is C25H27BFN5O8S. The molecule has 13 nitrogen and oxygen atoms in total. The van der Waals surface area contributed by atoms with Gasteiger partial charge in [-0.1, -0.05) is 22.9 Å². The Labute approximate surface area is 235 Å². The van der Waals surface area contributed by atoms with Crippen LogP contribution in [0.4, 0.5) is 9.18 Å². The van der Waals surface area contributed by atoms with Gasteiger partial charge in [-0.05, 0) is 38.8 Å². The second kappa shape index (κ2) is 10.7. The molecule has 5 rings (SSSR count). The summed E-state index contributed by atoms with van der Waals surface area (Å²) in [5, 5.41) is 7.92. The zero-order valence-electron chi connectivity index (χ0n) is 22.4. The summed E-state index contributed by atoms with van der Waals surface area (Å²) in [5.41, 5.74) is -2.71. The SMILES string of the molecule is [B]C(=O)OCC12CCC(n3cc(C)c(=O)n(Cc4cn(CCOS(=O)(=O)c5ccc(C)cc5)nn4)c3=O)(CC1F)O2. The second-order valence-corrected chi connectivity index (χ2v) is 11.9. The van der Waals surface area contributed by atoms with Crippen LogP contribution in [0.15, 0.2) is 51.1 Å². The second-order valence-electron chi connectivity index (χ2n) is 10.3. The number of hydrogen-bond acceptors (Lipinski definition) is 10. The van der Waals surface area contributed by atoms with E-state index in [0.29, 0.717) is 0 Å². The van der Waals surface area contributed by atoms with Gasteiger partial charge < -0.3 is 9.47 Å². The number of rotatable bonds is 10. The highest BCUT2D eigenvalue weighted by Gasteiger charge is 2.64. The van der Waals surface area contributed by atoms with Crippen LogP contribution in [0.5, 0.6) is 0 Å². The van der Waals surface area contributed by atoms with Crippen molar-refractivity contribution in [1.82, 2.24) is 24.1 Å². The largest absolute Gasteiger partial charge is 0.471 e. The van der Waals surface area contributed by atoms with Crippen molar-refractivity contribution in [3.05, 3.63) is 74.3 Å². The van der Waals surface area contributed by atoms with E-state index < -0.39 is 51.3 Å². The fraction of sp³-hybridized carbons (Fsp3) is 0.480. The first kappa shape index (κ1) is 28.9. The van der Waals surface area contributed by atoms with Gasteiger partial charge in [-0.15, -0.1) is 5.10 Å². The molecular weight excluding hydrogens is 560 g/mol. The van der Waals surface area contributed by atoms with E-state index in [-0.39, 0.29) is 55.1 Å². The minimum Gasteiger partial charge on any atom is -0.471 e. The predicted molar refractivity (Wildman–Crippen MR) is 141 cm³/mol. The maximum atomic E-state index is 15.1. The smallest absolute Gasteiger partial charge is 0.333 e. The third-order valence-electron chi connectivity index (χ3n) is 7.42. The molecule has 2 aliphatic heterocycles. The number of carbonyl (C=O) groups is 1. The van der Waals surface area contributed by atoms with Gasteiger partial charge in [0.1, 0.15) is 24.1 Å². The summed E-state index contributed by atoms with van der Waals surface area (Å²) in [6.07, 6.45) is 1.54. The maximum absolute atomic E-state index is 15.1. The molecule has 0 N–H and O–H groups in total. The normalized spacial score (nSPS) is 23.6. The van der Waals surface area contributed by atoms with E-state index >= 15 is 4.39 Å². The van der Waals surface area contributed by atoms with Crippen LogP contribution >= 0.6 is 0 Å². The Kier molecular flexibility index (Phi) is 7.50. The van der Waals surface area contributed by atoms with Gasteiger partial charge in [0, 0.05) is 18.2 Å². The molecule has 41 heavy (non-hydrogen) atoms. The molecule has 2 aromatic heterocycles. The van der Waals surface area contributed by atoms with Crippen molar-refractivity contribution >= 4 is 23.8 Å². The van der Waals surface area contributed by atoms with Crippen molar-refractivity contribution in [1.29, 1.82) is 0 Å². The summed E-state index contributed by atoms with van der Waals surface area (Å²) in [6, 6.07) is 6.23.